The maximum absolute atomic E-state index is 13.7. The van der Waals surface area contributed by atoms with E-state index in [1.807, 2.05) is 13.0 Å². The zero-order chi connectivity index (χ0) is 26.8. The van der Waals surface area contributed by atoms with E-state index in [4.69, 9.17) is 10.5 Å². The Balaban J connectivity index is 1.31. The monoisotopic (exact) mass is 520 g/mol. The second-order valence-corrected chi connectivity index (χ2v) is 9.81. The van der Waals surface area contributed by atoms with Crippen molar-refractivity contribution >= 4 is 28.3 Å². The van der Waals surface area contributed by atoms with Crippen molar-refractivity contribution in [3.8, 4) is 11.8 Å². The summed E-state index contributed by atoms with van der Waals surface area (Å²) < 4.78 is 47.2. The topological polar surface area (TPSA) is 98.6 Å². The maximum atomic E-state index is 13.7. The van der Waals surface area contributed by atoms with Gasteiger partial charge < -0.3 is 15.4 Å². The summed E-state index contributed by atoms with van der Waals surface area (Å²) in [5.74, 6) is 5.11. The number of aromatic nitrogens is 4. The molecule has 3 aromatic heterocycles. The maximum Gasteiger partial charge on any atom is 0.405 e. The molecule has 2 aliphatic rings. The van der Waals surface area contributed by atoms with Gasteiger partial charge in [-0.05, 0) is 49.4 Å². The van der Waals surface area contributed by atoms with Crippen LogP contribution in [-0.2, 0) is 11.3 Å². The number of fused-ring (bicyclic) bond motifs is 4. The van der Waals surface area contributed by atoms with Crippen LogP contribution in [0.3, 0.4) is 0 Å². The molecule has 0 saturated heterocycles. The Morgan fingerprint density at radius 1 is 1.24 bits per heavy atom. The molecule has 2 N–H and O–H groups in total. The molecule has 8 nitrogen and oxygen atoms in total. The van der Waals surface area contributed by atoms with E-state index >= 15 is 0 Å². The fraction of sp³-hybridized carbons (Fsp3) is 0.333. The summed E-state index contributed by atoms with van der Waals surface area (Å²) in [6, 6.07) is 6.53. The number of alkyl halides is 3. The summed E-state index contributed by atoms with van der Waals surface area (Å²) in [6.07, 6.45) is -1.09. The van der Waals surface area contributed by atoms with Gasteiger partial charge in [0, 0.05) is 18.2 Å². The lowest BCUT2D eigenvalue weighted by atomic mass is 9.99. The van der Waals surface area contributed by atoms with Crippen LogP contribution in [0, 0.1) is 24.2 Å². The summed E-state index contributed by atoms with van der Waals surface area (Å²) in [5, 5.41) is 0. The van der Waals surface area contributed by atoms with Crippen LogP contribution in [0.5, 0.6) is 0 Å². The number of carbonyl (C=O) groups is 1. The first-order valence-corrected chi connectivity index (χ1v) is 12.0. The summed E-state index contributed by atoms with van der Waals surface area (Å²) in [7, 11) is 1.69. The predicted molar refractivity (Wildman–Crippen MR) is 133 cm³/mol. The molecule has 4 heterocycles. The molecule has 1 aliphatic heterocycles. The zero-order valence-electron chi connectivity index (χ0n) is 20.6. The number of halogens is 3. The first kappa shape index (κ1) is 24.2. The molecule has 11 heteroatoms. The predicted octanol–water partition coefficient (Wildman–Crippen LogP) is 4.21. The number of pyridine rings is 1. The smallest absolute Gasteiger partial charge is 0.382 e. The van der Waals surface area contributed by atoms with E-state index in [0.717, 1.165) is 11.1 Å². The molecule has 1 aromatic carbocycles. The molecular formula is C27H23F3N6O2. The van der Waals surface area contributed by atoms with Crippen molar-refractivity contribution in [1.82, 2.24) is 24.3 Å². The third kappa shape index (κ3) is 3.83. The van der Waals surface area contributed by atoms with Crippen molar-refractivity contribution in [2.45, 2.75) is 38.6 Å². The molecule has 4 aromatic rings. The molecule has 38 heavy (non-hydrogen) atoms. The molecule has 1 fully saturated rings. The van der Waals surface area contributed by atoms with Gasteiger partial charge in [0.25, 0.3) is 5.91 Å². The van der Waals surface area contributed by atoms with Crippen LogP contribution >= 0.6 is 0 Å². The first-order chi connectivity index (χ1) is 18.1. The number of imidazole rings is 1. The third-order valence-corrected chi connectivity index (χ3v) is 7.35. The van der Waals surface area contributed by atoms with Crippen LogP contribution in [-0.4, -0.2) is 50.0 Å². The summed E-state index contributed by atoms with van der Waals surface area (Å²) >= 11 is 0. The molecule has 194 valence electrons. The van der Waals surface area contributed by atoms with Crippen LogP contribution in [0.2, 0.25) is 0 Å². The number of aryl methyl sites for hydroxylation is 1. The Labute approximate surface area is 215 Å². The molecule has 1 aliphatic carbocycles. The van der Waals surface area contributed by atoms with Crippen molar-refractivity contribution in [2.24, 2.45) is 5.41 Å². The van der Waals surface area contributed by atoms with Crippen LogP contribution < -0.4 is 5.73 Å². The summed E-state index contributed by atoms with van der Waals surface area (Å²) in [4.78, 5) is 28.3. The number of hydrogen-bond donors (Lipinski definition) is 1. The minimum absolute atomic E-state index is 0.0105. The van der Waals surface area contributed by atoms with Crippen LogP contribution in [0.15, 0.2) is 36.8 Å². The molecule has 0 radical (unpaired) electrons. The third-order valence-electron chi connectivity index (χ3n) is 7.35. The average molecular weight is 521 g/mol. The number of ether oxygens (including phenoxy) is 1. The minimum Gasteiger partial charge on any atom is -0.382 e. The van der Waals surface area contributed by atoms with Gasteiger partial charge in [-0.25, -0.2) is 15.0 Å². The Kier molecular flexibility index (Phi) is 5.36. The minimum atomic E-state index is -4.35. The lowest BCUT2D eigenvalue weighted by Crippen LogP contribution is -2.37. The van der Waals surface area contributed by atoms with Gasteiger partial charge in [0.1, 0.15) is 22.4 Å². The highest BCUT2D eigenvalue weighted by Crippen LogP contribution is 2.57. The highest BCUT2D eigenvalue weighted by Gasteiger charge is 2.62. The number of anilines is 1. The standard InChI is InChI=1S/C27H23F3N6O2/c1-15-9-19-21(36-14-32-11-22(36)24(31)34-19)10-18(15)25(37)35(2)23-13-38-12-20-17(23)4-3-16(33-20)5-6-26(7-8-26)27(28,29)30/h3-4,9-11,14,23H,7-8,12-13H2,1-2H3,(H2,31,34). The Morgan fingerprint density at radius 3 is 2.76 bits per heavy atom. The molecule has 0 spiro atoms. The SMILES string of the molecule is Cc1cc2nc(N)c3cncn3c2cc1C(=O)N(C)C1COCc2nc(C#CC3(C(F)(F)F)CC3)ccc21. The van der Waals surface area contributed by atoms with Gasteiger partial charge in [-0.15, -0.1) is 0 Å². The average Bonchev–Trinajstić information content (AvgIpc) is 3.54. The van der Waals surface area contributed by atoms with Gasteiger partial charge in [-0.3, -0.25) is 9.20 Å². The van der Waals surface area contributed by atoms with E-state index in [1.165, 1.54) is 0 Å². The zero-order valence-corrected chi connectivity index (χ0v) is 20.6. The van der Waals surface area contributed by atoms with Crippen LogP contribution in [0.4, 0.5) is 19.0 Å². The van der Waals surface area contributed by atoms with Crippen LogP contribution in [0.1, 0.15) is 51.8 Å². The van der Waals surface area contributed by atoms with E-state index in [1.54, 1.807) is 47.1 Å². The second kappa shape index (κ2) is 8.43. The van der Waals surface area contributed by atoms with Crippen molar-refractivity contribution in [2.75, 3.05) is 19.4 Å². The molecule has 1 saturated carbocycles. The second-order valence-electron chi connectivity index (χ2n) is 9.81. The largest absolute Gasteiger partial charge is 0.405 e. The van der Waals surface area contributed by atoms with Gasteiger partial charge in [-0.2, -0.15) is 13.2 Å². The lowest BCUT2D eigenvalue weighted by Gasteiger charge is -2.33. The normalized spacial score (nSPS) is 18.1. The molecule has 6 rings (SSSR count). The van der Waals surface area contributed by atoms with Crippen molar-refractivity contribution in [1.29, 1.82) is 0 Å². The number of rotatable bonds is 2. The lowest BCUT2D eigenvalue weighted by molar-refractivity contribution is -0.168. The number of amides is 1. The fourth-order valence-electron chi connectivity index (χ4n) is 4.86. The Morgan fingerprint density at radius 2 is 2.03 bits per heavy atom. The molecule has 1 unspecified atom stereocenters. The van der Waals surface area contributed by atoms with E-state index in [0.29, 0.717) is 33.6 Å². The summed E-state index contributed by atoms with van der Waals surface area (Å²) in [6.45, 7) is 2.28. The van der Waals surface area contributed by atoms with Crippen LogP contribution in [0.25, 0.3) is 16.6 Å². The molecule has 1 amide bonds. The highest BCUT2D eigenvalue weighted by molar-refractivity contribution is 5.99. The van der Waals surface area contributed by atoms with Gasteiger partial charge >= 0.3 is 6.18 Å². The Hall–Kier alpha value is -4.17. The molecular weight excluding hydrogens is 497 g/mol. The highest BCUT2D eigenvalue weighted by atomic mass is 19.4. The molecule has 0 bridgehead atoms. The van der Waals surface area contributed by atoms with Gasteiger partial charge in [-0.1, -0.05) is 12.0 Å². The number of nitrogen functional groups attached to an aromatic ring is 1. The fourth-order valence-corrected chi connectivity index (χ4v) is 4.86. The van der Waals surface area contributed by atoms with Gasteiger partial charge in [0.2, 0.25) is 0 Å². The number of benzene rings is 1. The van der Waals surface area contributed by atoms with E-state index in [2.05, 4.69) is 26.8 Å². The number of nitrogens with two attached hydrogens (primary N) is 1. The number of hydrogen-bond acceptors (Lipinski definition) is 6. The first-order valence-electron chi connectivity index (χ1n) is 12.0. The van der Waals surface area contributed by atoms with E-state index in [9.17, 15) is 18.0 Å². The van der Waals surface area contributed by atoms with E-state index in [-0.39, 0.29) is 37.7 Å². The number of likely N-dealkylation sites (N-methyl/N-ethyl adjacent to an activating group) is 1. The summed E-state index contributed by atoms with van der Waals surface area (Å²) in [5.41, 5.74) is 8.94. The number of nitrogens with zero attached hydrogens (tertiary/aromatic N) is 5. The van der Waals surface area contributed by atoms with Gasteiger partial charge in [0.05, 0.1) is 48.5 Å². The molecule has 1 atom stereocenters. The van der Waals surface area contributed by atoms with E-state index < -0.39 is 17.6 Å². The van der Waals surface area contributed by atoms with Crippen molar-refractivity contribution in [3.05, 3.63) is 64.9 Å². The van der Waals surface area contributed by atoms with Crippen molar-refractivity contribution in [3.63, 3.8) is 0 Å². The van der Waals surface area contributed by atoms with Crippen molar-refractivity contribution < 1.29 is 22.7 Å². The quantitative estimate of drug-likeness (QED) is 0.398. The number of carbonyl (C=O) groups excluding carboxylic acids is 1. The Bertz CT molecular complexity index is 1680. The van der Waals surface area contributed by atoms with Gasteiger partial charge in [0.15, 0.2) is 0 Å².